The molecule has 0 amide bonds. The first-order valence-electron chi connectivity index (χ1n) is 7.91. The van der Waals surface area contributed by atoms with Crippen LogP contribution < -0.4 is 0 Å². The van der Waals surface area contributed by atoms with E-state index in [9.17, 15) is 4.79 Å². The minimum Gasteiger partial charge on any atom is -0.465 e. The van der Waals surface area contributed by atoms with Gasteiger partial charge in [-0.25, -0.2) is 9.78 Å². The van der Waals surface area contributed by atoms with E-state index in [-0.39, 0.29) is 5.97 Å². The Morgan fingerprint density at radius 2 is 2.32 bits per heavy atom. The number of rotatable bonds is 4. The molecule has 1 aliphatic rings. The normalized spacial score (nSPS) is 19.2. The fourth-order valence-electron chi connectivity index (χ4n) is 3.48. The summed E-state index contributed by atoms with van der Waals surface area (Å²) in [5, 5.41) is 0. The van der Waals surface area contributed by atoms with Gasteiger partial charge in [-0.2, -0.15) is 0 Å². The van der Waals surface area contributed by atoms with Crippen molar-refractivity contribution >= 4 is 11.5 Å². The Hall–Kier alpha value is -1.88. The molecule has 22 heavy (non-hydrogen) atoms. The van der Waals surface area contributed by atoms with E-state index in [0.29, 0.717) is 17.6 Å². The van der Waals surface area contributed by atoms with E-state index in [1.807, 2.05) is 16.7 Å². The fraction of sp³-hybridized carbons (Fsp3) is 0.529. The molecule has 0 saturated carbocycles. The number of carbonyl (C=O) groups is 1. The van der Waals surface area contributed by atoms with Gasteiger partial charge in [0.15, 0.2) is 0 Å². The largest absolute Gasteiger partial charge is 0.465 e. The molecule has 0 radical (unpaired) electrons. The van der Waals surface area contributed by atoms with Gasteiger partial charge in [-0.1, -0.05) is 0 Å². The molecule has 2 aromatic rings. The molecule has 0 aromatic carbocycles. The number of aromatic nitrogens is 2. The smallest absolute Gasteiger partial charge is 0.340 e. The Balaban J connectivity index is 1.91. The van der Waals surface area contributed by atoms with Crippen molar-refractivity contribution in [3.63, 3.8) is 0 Å². The lowest BCUT2D eigenvalue weighted by molar-refractivity contribution is 0.0602. The van der Waals surface area contributed by atoms with E-state index in [0.717, 1.165) is 17.8 Å². The van der Waals surface area contributed by atoms with Crippen molar-refractivity contribution in [1.82, 2.24) is 14.3 Å². The molecule has 5 nitrogen and oxygen atoms in total. The van der Waals surface area contributed by atoms with Gasteiger partial charge < -0.3 is 9.14 Å². The maximum absolute atomic E-state index is 11.9. The van der Waals surface area contributed by atoms with Crippen LogP contribution in [-0.4, -0.2) is 46.0 Å². The van der Waals surface area contributed by atoms with Gasteiger partial charge in [-0.05, 0) is 45.4 Å². The van der Waals surface area contributed by atoms with E-state index in [2.05, 4.69) is 23.7 Å². The number of hydrogen-bond donors (Lipinski definition) is 0. The van der Waals surface area contributed by atoms with E-state index in [4.69, 9.17) is 4.74 Å². The lowest BCUT2D eigenvalue weighted by Crippen LogP contribution is -2.37. The molecule has 1 atom stereocenters. The number of esters is 1. The van der Waals surface area contributed by atoms with E-state index >= 15 is 0 Å². The van der Waals surface area contributed by atoms with Gasteiger partial charge in [0.2, 0.25) is 0 Å². The van der Waals surface area contributed by atoms with Crippen molar-refractivity contribution in [3.05, 3.63) is 35.9 Å². The molecular weight excluding hydrogens is 278 g/mol. The van der Waals surface area contributed by atoms with Gasteiger partial charge in [0, 0.05) is 24.7 Å². The van der Waals surface area contributed by atoms with Crippen LogP contribution in [-0.2, 0) is 11.2 Å². The van der Waals surface area contributed by atoms with Crippen LogP contribution in [0.1, 0.15) is 42.9 Å². The van der Waals surface area contributed by atoms with Crippen LogP contribution in [0.3, 0.4) is 0 Å². The van der Waals surface area contributed by atoms with Crippen molar-refractivity contribution in [2.75, 3.05) is 13.7 Å². The second kappa shape index (κ2) is 6.08. The van der Waals surface area contributed by atoms with Crippen LogP contribution >= 0.6 is 0 Å². The standard InChI is InChI=1S/C17H23N3O2/c1-12(2)19-8-4-6-13(19)10-16-18-11-15-14(17(21)22-3)7-5-9-20(15)16/h5,7,9,11-13H,4,6,8,10H2,1-3H3. The molecular formula is C17H23N3O2. The predicted octanol–water partition coefficient (Wildman–Crippen LogP) is 2.54. The molecule has 118 valence electrons. The first-order valence-corrected chi connectivity index (χ1v) is 7.91. The molecule has 2 aromatic heterocycles. The van der Waals surface area contributed by atoms with Gasteiger partial charge in [0.25, 0.3) is 0 Å². The summed E-state index contributed by atoms with van der Waals surface area (Å²) >= 11 is 0. The fourth-order valence-corrected chi connectivity index (χ4v) is 3.48. The number of carbonyl (C=O) groups excluding carboxylic acids is 1. The number of hydrogen-bond acceptors (Lipinski definition) is 4. The van der Waals surface area contributed by atoms with E-state index in [1.165, 1.54) is 26.5 Å². The third kappa shape index (κ3) is 2.61. The zero-order valence-electron chi connectivity index (χ0n) is 13.5. The van der Waals surface area contributed by atoms with Crippen LogP contribution in [0.15, 0.2) is 24.5 Å². The van der Waals surface area contributed by atoms with Crippen molar-refractivity contribution in [2.45, 2.75) is 45.2 Å². The number of methoxy groups -OCH3 is 1. The van der Waals surface area contributed by atoms with Crippen molar-refractivity contribution in [2.24, 2.45) is 0 Å². The zero-order chi connectivity index (χ0) is 15.7. The van der Waals surface area contributed by atoms with Crippen LogP contribution in [0.5, 0.6) is 0 Å². The number of nitrogens with zero attached hydrogens (tertiary/aromatic N) is 3. The molecule has 1 fully saturated rings. The summed E-state index contributed by atoms with van der Waals surface area (Å²) in [4.78, 5) is 19.0. The van der Waals surface area contributed by atoms with Crippen LogP contribution in [0, 0.1) is 0 Å². The monoisotopic (exact) mass is 301 g/mol. The zero-order valence-corrected chi connectivity index (χ0v) is 13.5. The maximum atomic E-state index is 11.9. The quantitative estimate of drug-likeness (QED) is 0.814. The SMILES string of the molecule is COC(=O)c1cccn2c(CC3CCCN3C(C)C)ncc12. The molecule has 1 saturated heterocycles. The second-order valence-corrected chi connectivity index (χ2v) is 6.17. The average molecular weight is 301 g/mol. The lowest BCUT2D eigenvalue weighted by Gasteiger charge is -2.27. The highest BCUT2D eigenvalue weighted by Crippen LogP contribution is 2.24. The summed E-state index contributed by atoms with van der Waals surface area (Å²) in [5.41, 5.74) is 1.38. The molecule has 0 bridgehead atoms. The topological polar surface area (TPSA) is 46.8 Å². The Morgan fingerprint density at radius 1 is 1.50 bits per heavy atom. The van der Waals surface area contributed by atoms with Crippen molar-refractivity contribution in [3.8, 4) is 0 Å². The summed E-state index contributed by atoms with van der Waals surface area (Å²) in [6, 6.07) is 4.75. The highest BCUT2D eigenvalue weighted by molar-refractivity contribution is 5.96. The summed E-state index contributed by atoms with van der Waals surface area (Å²) in [5.74, 6) is 0.694. The Morgan fingerprint density at radius 3 is 3.05 bits per heavy atom. The van der Waals surface area contributed by atoms with Crippen LogP contribution in [0.2, 0.25) is 0 Å². The minimum atomic E-state index is -0.318. The molecule has 0 spiro atoms. The molecule has 1 aliphatic heterocycles. The molecule has 1 unspecified atom stereocenters. The summed E-state index contributed by atoms with van der Waals surface area (Å²) < 4.78 is 6.86. The van der Waals surface area contributed by atoms with Crippen LogP contribution in [0.25, 0.3) is 5.52 Å². The molecule has 5 heteroatoms. The number of fused-ring (bicyclic) bond motifs is 1. The second-order valence-electron chi connectivity index (χ2n) is 6.17. The molecule has 0 aliphatic carbocycles. The summed E-state index contributed by atoms with van der Waals surface area (Å²) in [6.07, 6.45) is 7.12. The molecule has 3 rings (SSSR count). The van der Waals surface area contributed by atoms with Gasteiger partial charge in [0.05, 0.1) is 24.4 Å². The Kier molecular flexibility index (Phi) is 4.16. The first-order chi connectivity index (χ1) is 10.6. The summed E-state index contributed by atoms with van der Waals surface area (Å²) in [6.45, 7) is 5.66. The number of likely N-dealkylation sites (tertiary alicyclic amines) is 1. The lowest BCUT2D eigenvalue weighted by atomic mass is 10.1. The number of ether oxygens (including phenoxy) is 1. The van der Waals surface area contributed by atoms with Crippen molar-refractivity contribution < 1.29 is 9.53 Å². The van der Waals surface area contributed by atoms with Gasteiger partial charge in [0.1, 0.15) is 5.82 Å². The van der Waals surface area contributed by atoms with Gasteiger partial charge >= 0.3 is 5.97 Å². The average Bonchev–Trinajstić information content (AvgIpc) is 3.14. The number of pyridine rings is 1. The maximum Gasteiger partial charge on any atom is 0.340 e. The van der Waals surface area contributed by atoms with E-state index < -0.39 is 0 Å². The molecule has 3 heterocycles. The predicted molar refractivity (Wildman–Crippen MR) is 85.1 cm³/mol. The Labute approximate surface area is 130 Å². The summed E-state index contributed by atoms with van der Waals surface area (Å²) in [7, 11) is 1.40. The van der Waals surface area contributed by atoms with Gasteiger partial charge in [-0.15, -0.1) is 0 Å². The van der Waals surface area contributed by atoms with Crippen LogP contribution in [0.4, 0.5) is 0 Å². The van der Waals surface area contributed by atoms with Gasteiger partial charge in [-0.3, -0.25) is 4.90 Å². The van der Waals surface area contributed by atoms with Crippen molar-refractivity contribution in [1.29, 1.82) is 0 Å². The number of imidazole rings is 1. The Bertz CT molecular complexity index is 678. The third-order valence-electron chi connectivity index (χ3n) is 4.56. The first kappa shape index (κ1) is 15.0. The van der Waals surface area contributed by atoms with E-state index in [1.54, 1.807) is 12.3 Å². The third-order valence-corrected chi connectivity index (χ3v) is 4.56. The highest BCUT2D eigenvalue weighted by Gasteiger charge is 2.28. The minimum absolute atomic E-state index is 0.318. The molecule has 0 N–H and O–H groups in total. The highest BCUT2D eigenvalue weighted by atomic mass is 16.5.